The summed E-state index contributed by atoms with van der Waals surface area (Å²) in [5.74, 6) is -2.32. The average Bonchev–Trinajstić information content (AvgIpc) is 2.90. The number of nitrogens with one attached hydrogen (secondary N) is 3. The summed E-state index contributed by atoms with van der Waals surface area (Å²) in [6, 6.07) is 8.65. The van der Waals surface area contributed by atoms with Crippen LogP contribution >= 0.6 is 0 Å². The topological polar surface area (TPSA) is 99.7 Å². The molecule has 0 spiro atoms. The van der Waals surface area contributed by atoms with Gasteiger partial charge < -0.3 is 25.8 Å². The van der Waals surface area contributed by atoms with Crippen molar-refractivity contribution in [3.05, 3.63) is 70.8 Å². The third kappa shape index (κ3) is 11.7. The first-order chi connectivity index (χ1) is 18.6. The summed E-state index contributed by atoms with van der Waals surface area (Å²) in [5.41, 5.74) is 2.40. The van der Waals surface area contributed by atoms with Gasteiger partial charge in [0.1, 0.15) is 23.8 Å². The van der Waals surface area contributed by atoms with E-state index in [0.717, 1.165) is 43.7 Å². The first kappa shape index (κ1) is 32.1. The molecule has 2 amide bonds. The Kier molecular flexibility index (Phi) is 13.8. The Labute approximate surface area is 228 Å². The molecule has 2 aromatic rings. The Hall–Kier alpha value is -3.11. The summed E-state index contributed by atoms with van der Waals surface area (Å²) >= 11 is 0. The summed E-state index contributed by atoms with van der Waals surface area (Å²) in [6.07, 6.45) is -1.32. The third-order valence-electron chi connectivity index (χ3n) is 6.41. The van der Waals surface area contributed by atoms with Crippen LogP contribution in [0.1, 0.15) is 56.2 Å². The highest BCUT2D eigenvalue weighted by molar-refractivity contribution is 5.85. The number of benzene rings is 2. The normalized spacial score (nSPS) is 14.2. The van der Waals surface area contributed by atoms with Crippen LogP contribution < -0.4 is 16.0 Å². The fourth-order valence-corrected chi connectivity index (χ4v) is 4.25. The molecule has 0 saturated carbocycles. The summed E-state index contributed by atoms with van der Waals surface area (Å²) < 4.78 is 46.8. The molecule has 39 heavy (non-hydrogen) atoms. The van der Waals surface area contributed by atoms with Crippen molar-refractivity contribution >= 4 is 12.0 Å². The lowest BCUT2D eigenvalue weighted by Crippen LogP contribution is -2.55. The van der Waals surface area contributed by atoms with Gasteiger partial charge in [-0.05, 0) is 48.1 Å². The molecule has 0 aliphatic heterocycles. The van der Waals surface area contributed by atoms with Gasteiger partial charge in [0.15, 0.2) is 0 Å². The van der Waals surface area contributed by atoms with E-state index in [9.17, 15) is 27.9 Å². The van der Waals surface area contributed by atoms with Crippen LogP contribution in [-0.2, 0) is 28.9 Å². The second-order valence-electron chi connectivity index (χ2n) is 9.63. The molecule has 4 N–H and O–H groups in total. The van der Waals surface area contributed by atoms with Crippen molar-refractivity contribution < 1.29 is 32.6 Å². The van der Waals surface area contributed by atoms with Gasteiger partial charge in [-0.25, -0.2) is 18.0 Å². The van der Waals surface area contributed by atoms with Crippen LogP contribution in [-0.4, -0.2) is 55.1 Å². The second-order valence-corrected chi connectivity index (χ2v) is 9.63. The van der Waals surface area contributed by atoms with Crippen LogP contribution in [0.3, 0.4) is 0 Å². The SMILES string of the molecule is CCCCC(F)C[C@@H](NC(=O)OC)C(=O)N[C@@H](Cc1cc(F)cc(F)c1)[C@H](O)CNCc1cccc(CC)c1. The Morgan fingerprint density at radius 2 is 1.69 bits per heavy atom. The zero-order valence-electron chi connectivity index (χ0n) is 22.8. The van der Waals surface area contributed by atoms with Crippen LogP contribution in [0.4, 0.5) is 18.0 Å². The van der Waals surface area contributed by atoms with E-state index < -0.39 is 48.0 Å². The zero-order valence-corrected chi connectivity index (χ0v) is 22.8. The maximum absolute atomic E-state index is 14.6. The largest absolute Gasteiger partial charge is 0.453 e. The van der Waals surface area contributed by atoms with E-state index in [-0.39, 0.29) is 31.4 Å². The number of carbonyl (C=O) groups excluding carboxylic acids is 2. The summed E-state index contributed by atoms with van der Waals surface area (Å²) in [6.45, 7) is 4.47. The lowest BCUT2D eigenvalue weighted by Gasteiger charge is -2.28. The standard InChI is InChI=1S/C29H40F3N3O4/c1-4-6-10-22(30)16-26(35-29(38)39-3)28(37)34-25(14-21-12-23(31)15-24(32)13-21)27(36)18-33-17-20-9-7-8-19(5-2)11-20/h7-9,11-13,15,22,25-27,33,36H,4-6,10,14,16-18H2,1-3H3,(H,34,37)(H,35,38)/t22?,25-,26+,27+/m0/s1. The van der Waals surface area contributed by atoms with Crippen molar-refractivity contribution in [2.24, 2.45) is 0 Å². The van der Waals surface area contributed by atoms with E-state index in [4.69, 9.17) is 0 Å². The molecular weight excluding hydrogens is 511 g/mol. The molecule has 0 saturated heterocycles. The third-order valence-corrected chi connectivity index (χ3v) is 6.41. The number of aliphatic hydroxyl groups excluding tert-OH is 1. The number of alkyl halides is 1. The van der Waals surface area contributed by atoms with E-state index in [2.05, 4.69) is 27.6 Å². The smallest absolute Gasteiger partial charge is 0.407 e. The van der Waals surface area contributed by atoms with Crippen molar-refractivity contribution in [3.8, 4) is 0 Å². The molecule has 0 fully saturated rings. The molecule has 0 aromatic heterocycles. The molecule has 4 atom stereocenters. The molecule has 2 aromatic carbocycles. The highest BCUT2D eigenvalue weighted by Crippen LogP contribution is 2.15. The molecule has 0 bridgehead atoms. The van der Waals surface area contributed by atoms with E-state index in [1.807, 2.05) is 31.2 Å². The van der Waals surface area contributed by atoms with E-state index in [1.54, 1.807) is 0 Å². The van der Waals surface area contributed by atoms with Crippen LogP contribution in [0.2, 0.25) is 0 Å². The van der Waals surface area contributed by atoms with Crippen LogP contribution in [0, 0.1) is 11.6 Å². The lowest BCUT2D eigenvalue weighted by atomic mass is 9.99. The number of aryl methyl sites for hydroxylation is 1. The van der Waals surface area contributed by atoms with Crippen molar-refractivity contribution in [1.82, 2.24) is 16.0 Å². The Bertz CT molecular complexity index is 1040. The van der Waals surface area contributed by atoms with Crippen LogP contribution in [0.25, 0.3) is 0 Å². The predicted octanol–water partition coefficient (Wildman–Crippen LogP) is 4.35. The fraction of sp³-hybridized carbons (Fsp3) is 0.517. The minimum absolute atomic E-state index is 0.0520. The van der Waals surface area contributed by atoms with E-state index >= 15 is 0 Å². The van der Waals surface area contributed by atoms with Gasteiger partial charge in [0, 0.05) is 25.6 Å². The van der Waals surface area contributed by atoms with Gasteiger partial charge in [0.2, 0.25) is 5.91 Å². The Morgan fingerprint density at radius 3 is 2.33 bits per heavy atom. The van der Waals surface area contributed by atoms with E-state index in [1.165, 1.54) is 5.56 Å². The highest BCUT2D eigenvalue weighted by Gasteiger charge is 2.29. The minimum Gasteiger partial charge on any atom is -0.453 e. The molecule has 2 rings (SSSR count). The number of ether oxygens (including phenoxy) is 1. The number of unbranched alkanes of at least 4 members (excludes halogenated alkanes) is 1. The number of methoxy groups -OCH3 is 1. The predicted molar refractivity (Wildman–Crippen MR) is 144 cm³/mol. The molecule has 7 nitrogen and oxygen atoms in total. The van der Waals surface area contributed by atoms with E-state index in [0.29, 0.717) is 13.0 Å². The maximum atomic E-state index is 14.6. The number of carbonyl (C=O) groups is 2. The number of halogens is 3. The zero-order chi connectivity index (χ0) is 28.8. The molecule has 0 aliphatic carbocycles. The molecule has 10 heteroatoms. The highest BCUT2D eigenvalue weighted by atomic mass is 19.1. The van der Waals surface area contributed by atoms with Crippen LogP contribution in [0.5, 0.6) is 0 Å². The Morgan fingerprint density at radius 1 is 1.00 bits per heavy atom. The first-order valence-electron chi connectivity index (χ1n) is 13.4. The Balaban J connectivity index is 2.17. The minimum atomic E-state index is -1.35. The van der Waals surface area contributed by atoms with Crippen LogP contribution in [0.15, 0.2) is 42.5 Å². The first-order valence-corrected chi connectivity index (χ1v) is 13.4. The molecule has 0 heterocycles. The maximum Gasteiger partial charge on any atom is 0.407 e. The number of alkyl carbamates (subject to hydrolysis) is 1. The van der Waals surface area contributed by atoms with Gasteiger partial charge in [-0.3, -0.25) is 4.79 Å². The fourth-order valence-electron chi connectivity index (χ4n) is 4.25. The summed E-state index contributed by atoms with van der Waals surface area (Å²) in [7, 11) is 1.13. The molecule has 0 radical (unpaired) electrons. The van der Waals surface area contributed by atoms with Gasteiger partial charge in [0.25, 0.3) is 0 Å². The summed E-state index contributed by atoms with van der Waals surface area (Å²) in [4.78, 5) is 25.0. The van der Waals surface area contributed by atoms with Crippen molar-refractivity contribution in [2.75, 3.05) is 13.7 Å². The monoisotopic (exact) mass is 551 g/mol. The molecule has 1 unspecified atom stereocenters. The lowest BCUT2D eigenvalue weighted by molar-refractivity contribution is -0.125. The molecule has 216 valence electrons. The van der Waals surface area contributed by atoms with Crippen molar-refractivity contribution in [2.45, 2.75) is 83.3 Å². The quantitative estimate of drug-likeness (QED) is 0.249. The van der Waals surface area contributed by atoms with Gasteiger partial charge >= 0.3 is 6.09 Å². The number of hydrogen-bond acceptors (Lipinski definition) is 5. The number of amides is 2. The molecule has 0 aliphatic rings. The number of aliphatic hydroxyl groups is 1. The van der Waals surface area contributed by atoms with Crippen molar-refractivity contribution in [1.29, 1.82) is 0 Å². The van der Waals surface area contributed by atoms with Gasteiger partial charge in [-0.1, -0.05) is 51.0 Å². The van der Waals surface area contributed by atoms with Crippen molar-refractivity contribution in [3.63, 3.8) is 0 Å². The second kappa shape index (κ2) is 16.8. The molecular formula is C29H40F3N3O4. The number of hydrogen-bond donors (Lipinski definition) is 4. The summed E-state index contributed by atoms with van der Waals surface area (Å²) in [5, 5.41) is 19.1. The average molecular weight is 552 g/mol. The van der Waals surface area contributed by atoms with Gasteiger partial charge in [-0.15, -0.1) is 0 Å². The van der Waals surface area contributed by atoms with Gasteiger partial charge in [-0.2, -0.15) is 0 Å². The number of rotatable bonds is 16. The van der Waals surface area contributed by atoms with Gasteiger partial charge in [0.05, 0.1) is 19.3 Å².